The molecule has 0 bridgehead atoms. The van der Waals surface area contributed by atoms with Crippen molar-refractivity contribution < 1.29 is 19.4 Å². The van der Waals surface area contributed by atoms with Crippen LogP contribution in [0.25, 0.3) is 0 Å². The van der Waals surface area contributed by atoms with Gasteiger partial charge in [0.05, 0.1) is 0 Å². The van der Waals surface area contributed by atoms with Crippen molar-refractivity contribution in [2.45, 2.75) is 122 Å². The van der Waals surface area contributed by atoms with Crippen LogP contribution in [0, 0.1) is 0 Å². The summed E-state index contributed by atoms with van der Waals surface area (Å²) in [4.78, 5) is 23.4. The van der Waals surface area contributed by atoms with E-state index in [4.69, 9.17) is 10.5 Å². The van der Waals surface area contributed by atoms with Crippen molar-refractivity contribution in [1.29, 1.82) is 0 Å². The van der Waals surface area contributed by atoms with Crippen molar-refractivity contribution in [3.63, 3.8) is 0 Å². The lowest BCUT2D eigenvalue weighted by Gasteiger charge is -2.15. The number of hydrogen-bond donors (Lipinski definition) is 3. The zero-order chi connectivity index (χ0) is 24.3. The minimum atomic E-state index is -0.969. The van der Waals surface area contributed by atoms with E-state index < -0.39 is 12.1 Å². The first kappa shape index (κ1) is 29.0. The molecule has 0 spiro atoms. The van der Waals surface area contributed by atoms with Crippen LogP contribution in [0.15, 0.2) is 24.3 Å². The van der Waals surface area contributed by atoms with Crippen LogP contribution >= 0.6 is 0 Å². The third-order valence-corrected chi connectivity index (χ3v) is 5.91. The lowest BCUT2D eigenvalue weighted by Crippen LogP contribution is -2.26. The number of anilines is 1. The molecule has 6 heteroatoms. The SMILES string of the molecule is CCCCCCCCCCCCC(N)CCC(=O)Nc1ccc(OC(CCC)C(=O)O)cc1. The highest BCUT2D eigenvalue weighted by Crippen LogP contribution is 2.19. The number of ether oxygens (including phenoxy) is 1. The van der Waals surface area contributed by atoms with Crippen molar-refractivity contribution in [2.75, 3.05) is 5.32 Å². The third kappa shape index (κ3) is 14.6. The minimum absolute atomic E-state index is 0.0587. The molecule has 0 aliphatic heterocycles. The lowest BCUT2D eigenvalue weighted by atomic mass is 10.0. The van der Waals surface area contributed by atoms with Gasteiger partial charge in [-0.05, 0) is 43.5 Å². The third-order valence-electron chi connectivity index (χ3n) is 5.91. The Hall–Kier alpha value is -2.08. The summed E-state index contributed by atoms with van der Waals surface area (Å²) in [6.45, 7) is 4.17. The van der Waals surface area contributed by atoms with Gasteiger partial charge in [-0.15, -0.1) is 0 Å². The molecule has 0 radical (unpaired) electrons. The van der Waals surface area contributed by atoms with E-state index in [-0.39, 0.29) is 11.9 Å². The Bertz CT molecular complexity index is 648. The number of nitrogens with two attached hydrogens (primary N) is 1. The number of carboxylic acids is 1. The predicted molar refractivity (Wildman–Crippen MR) is 136 cm³/mol. The van der Waals surface area contributed by atoms with E-state index in [2.05, 4.69) is 12.2 Å². The first-order chi connectivity index (χ1) is 16.0. The zero-order valence-electron chi connectivity index (χ0n) is 20.8. The fraction of sp³-hybridized carbons (Fsp3) is 0.704. The average Bonchev–Trinajstić information content (AvgIpc) is 2.79. The van der Waals surface area contributed by atoms with Gasteiger partial charge < -0.3 is 20.9 Å². The van der Waals surface area contributed by atoms with Gasteiger partial charge in [0.15, 0.2) is 6.10 Å². The summed E-state index contributed by atoms with van der Waals surface area (Å²) >= 11 is 0. The van der Waals surface area contributed by atoms with Crippen molar-refractivity contribution >= 4 is 17.6 Å². The molecule has 1 rings (SSSR count). The summed E-state index contributed by atoms with van der Waals surface area (Å²) in [7, 11) is 0. The Morgan fingerprint density at radius 2 is 1.42 bits per heavy atom. The van der Waals surface area contributed by atoms with Gasteiger partial charge in [-0.2, -0.15) is 0 Å². The Morgan fingerprint density at radius 1 is 0.848 bits per heavy atom. The van der Waals surface area contributed by atoms with Crippen LogP contribution in [0.2, 0.25) is 0 Å². The molecule has 2 unspecified atom stereocenters. The molecular formula is C27H46N2O4. The van der Waals surface area contributed by atoms with Crippen LogP contribution in [0.4, 0.5) is 5.69 Å². The molecule has 0 heterocycles. The second-order valence-corrected chi connectivity index (χ2v) is 9.08. The topological polar surface area (TPSA) is 102 Å². The number of rotatable bonds is 20. The van der Waals surface area contributed by atoms with Gasteiger partial charge >= 0.3 is 5.97 Å². The van der Waals surface area contributed by atoms with Crippen molar-refractivity contribution in [3.8, 4) is 5.75 Å². The fourth-order valence-electron chi connectivity index (χ4n) is 3.85. The van der Waals surface area contributed by atoms with E-state index in [0.29, 0.717) is 30.7 Å². The number of aliphatic carboxylic acids is 1. The molecule has 188 valence electrons. The number of benzene rings is 1. The number of amides is 1. The lowest BCUT2D eigenvalue weighted by molar-refractivity contribution is -0.145. The monoisotopic (exact) mass is 462 g/mol. The summed E-state index contributed by atoms with van der Waals surface area (Å²) in [5.41, 5.74) is 6.86. The standard InChI is InChI=1S/C27H46N2O4/c1-3-5-6-7-8-9-10-11-12-13-15-22(28)16-21-26(30)29-23-17-19-24(20-18-23)33-25(14-4-2)27(31)32/h17-20,22,25H,3-16,21,28H2,1-2H3,(H,29,30)(H,31,32). The smallest absolute Gasteiger partial charge is 0.344 e. The molecule has 0 aliphatic rings. The zero-order valence-corrected chi connectivity index (χ0v) is 20.8. The molecule has 0 saturated heterocycles. The molecule has 2 atom stereocenters. The van der Waals surface area contributed by atoms with Gasteiger partial charge in [0.1, 0.15) is 5.75 Å². The van der Waals surface area contributed by atoms with E-state index in [0.717, 1.165) is 19.3 Å². The van der Waals surface area contributed by atoms with E-state index in [1.165, 1.54) is 57.8 Å². The summed E-state index contributed by atoms with van der Waals surface area (Å²) in [6, 6.07) is 6.87. The largest absolute Gasteiger partial charge is 0.479 e. The van der Waals surface area contributed by atoms with Crippen LogP contribution in [0.5, 0.6) is 5.75 Å². The van der Waals surface area contributed by atoms with Crippen LogP contribution in [-0.4, -0.2) is 29.1 Å². The first-order valence-corrected chi connectivity index (χ1v) is 13.0. The van der Waals surface area contributed by atoms with Crippen LogP contribution < -0.4 is 15.8 Å². The maximum atomic E-state index is 12.2. The van der Waals surface area contributed by atoms with Gasteiger partial charge in [0.2, 0.25) is 5.91 Å². The molecule has 0 saturated carbocycles. The number of carbonyl (C=O) groups is 2. The van der Waals surface area contributed by atoms with E-state index in [1.54, 1.807) is 24.3 Å². The maximum absolute atomic E-state index is 12.2. The molecule has 1 amide bonds. The van der Waals surface area contributed by atoms with Gasteiger partial charge in [0, 0.05) is 18.2 Å². The van der Waals surface area contributed by atoms with E-state index >= 15 is 0 Å². The normalized spacial score (nSPS) is 12.8. The molecule has 0 aromatic heterocycles. The summed E-state index contributed by atoms with van der Waals surface area (Å²) in [6.07, 6.45) is 15.5. The summed E-state index contributed by atoms with van der Waals surface area (Å²) < 4.78 is 5.51. The molecule has 1 aromatic carbocycles. The van der Waals surface area contributed by atoms with E-state index in [1.807, 2.05) is 6.92 Å². The van der Waals surface area contributed by atoms with Crippen molar-refractivity contribution in [2.24, 2.45) is 5.73 Å². The maximum Gasteiger partial charge on any atom is 0.344 e. The highest BCUT2D eigenvalue weighted by molar-refractivity contribution is 5.90. The number of unbranched alkanes of at least 4 members (excludes halogenated alkanes) is 9. The predicted octanol–water partition coefficient (Wildman–Crippen LogP) is 6.68. The molecule has 33 heavy (non-hydrogen) atoms. The van der Waals surface area contributed by atoms with Gasteiger partial charge in [-0.25, -0.2) is 4.79 Å². The molecule has 0 aliphatic carbocycles. The Balaban J connectivity index is 2.15. The second-order valence-electron chi connectivity index (χ2n) is 9.08. The highest BCUT2D eigenvalue weighted by atomic mass is 16.5. The van der Waals surface area contributed by atoms with Crippen LogP contribution in [-0.2, 0) is 9.59 Å². The Labute approximate surface area is 200 Å². The van der Waals surface area contributed by atoms with Gasteiger partial charge in [-0.3, -0.25) is 4.79 Å². The number of carbonyl (C=O) groups excluding carboxylic acids is 1. The average molecular weight is 463 g/mol. The van der Waals surface area contributed by atoms with Gasteiger partial charge in [-0.1, -0.05) is 84.5 Å². The van der Waals surface area contributed by atoms with Crippen LogP contribution in [0.3, 0.4) is 0 Å². The first-order valence-electron chi connectivity index (χ1n) is 13.0. The summed E-state index contributed by atoms with van der Waals surface area (Å²) in [5, 5.41) is 12.1. The molecule has 0 fully saturated rings. The van der Waals surface area contributed by atoms with E-state index in [9.17, 15) is 14.7 Å². The highest BCUT2D eigenvalue weighted by Gasteiger charge is 2.18. The minimum Gasteiger partial charge on any atom is -0.479 e. The van der Waals surface area contributed by atoms with Gasteiger partial charge in [0.25, 0.3) is 0 Å². The van der Waals surface area contributed by atoms with Crippen molar-refractivity contribution in [3.05, 3.63) is 24.3 Å². The number of hydrogen-bond acceptors (Lipinski definition) is 4. The van der Waals surface area contributed by atoms with Crippen molar-refractivity contribution in [1.82, 2.24) is 0 Å². The molecule has 4 N–H and O–H groups in total. The molecular weight excluding hydrogens is 416 g/mol. The quantitative estimate of drug-likeness (QED) is 0.188. The summed E-state index contributed by atoms with van der Waals surface area (Å²) in [5.74, 6) is -0.549. The number of nitrogens with one attached hydrogen (secondary N) is 1. The Kier molecular flexibility index (Phi) is 16.1. The molecule has 6 nitrogen and oxygen atoms in total. The Morgan fingerprint density at radius 3 is 1.97 bits per heavy atom. The molecule has 1 aromatic rings. The number of carboxylic acid groups (broad SMARTS) is 1. The second kappa shape index (κ2) is 18.4. The van der Waals surface area contributed by atoms with Crippen LogP contribution in [0.1, 0.15) is 110 Å². The fourth-order valence-corrected chi connectivity index (χ4v) is 3.85.